The van der Waals surface area contributed by atoms with E-state index in [4.69, 9.17) is 0 Å². The van der Waals surface area contributed by atoms with E-state index in [2.05, 4.69) is 11.3 Å². The van der Waals surface area contributed by atoms with Gasteiger partial charge in [0.1, 0.15) is 11.6 Å². The van der Waals surface area contributed by atoms with Crippen molar-refractivity contribution in [3.05, 3.63) is 64.5 Å². The quantitative estimate of drug-likeness (QED) is 0.296. The van der Waals surface area contributed by atoms with Crippen LogP contribution in [0.1, 0.15) is 36.5 Å². The zero-order valence-electron chi connectivity index (χ0n) is 15.6. The molecule has 2 nitrogen and oxygen atoms in total. The van der Waals surface area contributed by atoms with Gasteiger partial charge in [0, 0.05) is 17.6 Å². The molecular weight excluding hydrogens is 386 g/mol. The first kappa shape index (κ1) is 23.5. The Morgan fingerprint density at radius 1 is 1.18 bits per heavy atom. The molecule has 0 saturated heterocycles. The molecule has 0 atom stereocenters. The van der Waals surface area contributed by atoms with Crippen molar-refractivity contribution in [2.24, 2.45) is 0 Å². The highest BCUT2D eigenvalue weighted by Crippen LogP contribution is 2.37. The van der Waals surface area contributed by atoms with Gasteiger partial charge in [-0.25, -0.2) is 13.2 Å². The number of hydrogen-bond donors (Lipinski definition) is 0. The van der Waals surface area contributed by atoms with Crippen molar-refractivity contribution >= 4 is 11.5 Å². The summed E-state index contributed by atoms with van der Waals surface area (Å²) in [7, 11) is 0. The summed E-state index contributed by atoms with van der Waals surface area (Å²) in [6.07, 6.45) is -5.77. The number of esters is 1. The van der Waals surface area contributed by atoms with Gasteiger partial charge in [0.2, 0.25) is 0 Å². The Balaban J connectivity index is 3.51. The van der Waals surface area contributed by atoms with Gasteiger partial charge >= 0.3 is 12.1 Å². The lowest BCUT2D eigenvalue weighted by atomic mass is 9.92. The van der Waals surface area contributed by atoms with E-state index in [1.165, 1.54) is 26.8 Å². The zero-order chi connectivity index (χ0) is 21.6. The number of alkyl halides is 3. The number of carbonyl (C=O) groups excluding carboxylic acids is 1. The number of rotatable bonds is 7. The van der Waals surface area contributed by atoms with Crippen LogP contribution in [-0.2, 0) is 9.53 Å². The lowest BCUT2D eigenvalue weighted by molar-refractivity contribution is -0.143. The molecule has 1 aromatic rings. The molecule has 154 valence electrons. The molecule has 1 aromatic carbocycles. The monoisotopic (exact) mass is 406 g/mol. The fourth-order valence-corrected chi connectivity index (χ4v) is 2.44. The van der Waals surface area contributed by atoms with Crippen LogP contribution in [0.5, 0.6) is 0 Å². The Bertz CT molecular complexity index is 819. The van der Waals surface area contributed by atoms with Crippen molar-refractivity contribution in [2.75, 3.05) is 6.61 Å². The summed E-state index contributed by atoms with van der Waals surface area (Å²) >= 11 is 0. The fraction of sp³-hybridized carbons (Fsp3) is 0.350. The highest BCUT2D eigenvalue weighted by molar-refractivity contribution is 5.83. The number of ether oxygens (including phenoxy) is 1. The predicted molar refractivity (Wildman–Crippen MR) is 94.2 cm³/mol. The molecule has 0 unspecified atom stereocenters. The van der Waals surface area contributed by atoms with Crippen LogP contribution in [0, 0.1) is 19.7 Å². The zero-order valence-corrected chi connectivity index (χ0v) is 15.6. The van der Waals surface area contributed by atoms with Crippen molar-refractivity contribution in [3.63, 3.8) is 0 Å². The number of halogens is 6. The maximum Gasteiger partial charge on any atom is 0.415 e. The van der Waals surface area contributed by atoms with E-state index >= 15 is 0 Å². The summed E-state index contributed by atoms with van der Waals surface area (Å²) in [5, 5.41) is 0. The molecule has 0 aliphatic rings. The standard InChI is InChI=1S/C20H20F6O2/c1-5-28-17(27)9-8-16(22)19(23)14(10-12(3)20(24,25)26)18-11(2)6-7-15(21)13(18)4/h6-7,10H,3,5,8-9H2,1-2,4H3/b14-10-,19-16+. The average molecular weight is 406 g/mol. The lowest BCUT2D eigenvalue weighted by Crippen LogP contribution is -2.10. The first-order chi connectivity index (χ1) is 12.9. The van der Waals surface area contributed by atoms with Crippen molar-refractivity contribution in [2.45, 2.75) is 39.8 Å². The van der Waals surface area contributed by atoms with Gasteiger partial charge in [-0.2, -0.15) is 13.2 Å². The maximum atomic E-state index is 14.8. The molecule has 0 aromatic heterocycles. The number of benzene rings is 1. The summed E-state index contributed by atoms with van der Waals surface area (Å²) in [4.78, 5) is 11.3. The second-order valence-electron chi connectivity index (χ2n) is 5.97. The first-order valence-corrected chi connectivity index (χ1v) is 8.34. The van der Waals surface area contributed by atoms with E-state index in [-0.39, 0.29) is 23.3 Å². The predicted octanol–water partition coefficient (Wildman–Crippen LogP) is 6.44. The van der Waals surface area contributed by atoms with Crippen LogP contribution in [0.3, 0.4) is 0 Å². The van der Waals surface area contributed by atoms with E-state index in [0.717, 1.165) is 6.07 Å². The van der Waals surface area contributed by atoms with Crippen LogP contribution in [0.25, 0.3) is 5.57 Å². The molecular formula is C20H20F6O2. The molecule has 0 fully saturated rings. The Morgan fingerprint density at radius 2 is 1.79 bits per heavy atom. The number of allylic oxidation sites excluding steroid dienone is 5. The SMILES string of the molecule is C=C(/C=C(\C(F)=C(/F)CCC(=O)OCC)c1c(C)ccc(F)c1C)C(F)(F)F. The van der Waals surface area contributed by atoms with Crippen LogP contribution >= 0.6 is 0 Å². The van der Waals surface area contributed by atoms with E-state index in [9.17, 15) is 31.1 Å². The van der Waals surface area contributed by atoms with Crippen molar-refractivity contribution in [1.82, 2.24) is 0 Å². The molecule has 28 heavy (non-hydrogen) atoms. The Kier molecular flexibility index (Phi) is 8.08. The molecule has 0 spiro atoms. The minimum atomic E-state index is -4.89. The minimum Gasteiger partial charge on any atom is -0.466 e. The summed E-state index contributed by atoms with van der Waals surface area (Å²) in [5.41, 5.74) is -2.34. The molecule has 0 aliphatic carbocycles. The number of aryl methyl sites for hydroxylation is 1. The summed E-state index contributed by atoms with van der Waals surface area (Å²) < 4.78 is 86.3. The van der Waals surface area contributed by atoms with Gasteiger partial charge in [0.05, 0.1) is 13.0 Å². The molecule has 1 rings (SSSR count). The van der Waals surface area contributed by atoms with Gasteiger partial charge in [0.15, 0.2) is 5.83 Å². The molecule has 0 amide bonds. The average Bonchev–Trinajstić information content (AvgIpc) is 2.60. The second-order valence-corrected chi connectivity index (χ2v) is 5.97. The van der Waals surface area contributed by atoms with Gasteiger partial charge in [-0.15, -0.1) is 0 Å². The topological polar surface area (TPSA) is 26.3 Å². The molecule has 8 heteroatoms. The highest BCUT2D eigenvalue weighted by Gasteiger charge is 2.32. The third kappa shape index (κ3) is 6.00. The molecule has 0 radical (unpaired) electrons. The van der Waals surface area contributed by atoms with Gasteiger partial charge in [-0.05, 0) is 49.6 Å². The normalized spacial score (nSPS) is 13.2. The van der Waals surface area contributed by atoms with E-state index in [0.29, 0.717) is 6.08 Å². The summed E-state index contributed by atoms with van der Waals surface area (Å²) in [6, 6.07) is 2.31. The molecule has 0 saturated carbocycles. The lowest BCUT2D eigenvalue weighted by Gasteiger charge is -2.16. The van der Waals surface area contributed by atoms with Crippen LogP contribution in [0.2, 0.25) is 0 Å². The highest BCUT2D eigenvalue weighted by atomic mass is 19.4. The largest absolute Gasteiger partial charge is 0.466 e. The van der Waals surface area contributed by atoms with Crippen molar-refractivity contribution < 1.29 is 35.9 Å². The van der Waals surface area contributed by atoms with Crippen molar-refractivity contribution in [3.8, 4) is 0 Å². The van der Waals surface area contributed by atoms with E-state index in [1.807, 2.05) is 0 Å². The molecule has 0 heterocycles. The molecule has 0 aliphatic heterocycles. The van der Waals surface area contributed by atoms with Gasteiger partial charge in [0.25, 0.3) is 0 Å². The van der Waals surface area contributed by atoms with Crippen LogP contribution in [-0.4, -0.2) is 18.8 Å². The first-order valence-electron chi connectivity index (χ1n) is 8.34. The number of hydrogen-bond acceptors (Lipinski definition) is 2. The van der Waals surface area contributed by atoms with Crippen molar-refractivity contribution in [1.29, 1.82) is 0 Å². The van der Waals surface area contributed by atoms with Crippen LogP contribution in [0.15, 0.2) is 42.0 Å². The maximum absolute atomic E-state index is 14.8. The van der Waals surface area contributed by atoms with Gasteiger partial charge in [-0.1, -0.05) is 12.6 Å². The Labute approximate surface area is 159 Å². The Morgan fingerprint density at radius 3 is 2.32 bits per heavy atom. The molecule has 0 N–H and O–H groups in total. The summed E-state index contributed by atoms with van der Waals surface area (Å²) in [5.74, 6) is -4.64. The fourth-order valence-electron chi connectivity index (χ4n) is 2.44. The summed E-state index contributed by atoms with van der Waals surface area (Å²) in [6.45, 7) is 7.08. The second kappa shape index (κ2) is 9.61. The van der Waals surface area contributed by atoms with E-state index in [1.54, 1.807) is 0 Å². The van der Waals surface area contributed by atoms with Gasteiger partial charge < -0.3 is 4.74 Å². The van der Waals surface area contributed by atoms with Gasteiger partial charge in [-0.3, -0.25) is 4.79 Å². The van der Waals surface area contributed by atoms with E-state index < -0.39 is 53.6 Å². The van der Waals surface area contributed by atoms with Crippen LogP contribution in [0.4, 0.5) is 26.3 Å². The smallest absolute Gasteiger partial charge is 0.415 e. The molecule has 0 bridgehead atoms. The van der Waals surface area contributed by atoms with Crippen LogP contribution < -0.4 is 0 Å². The number of carbonyl (C=O) groups is 1. The third-order valence-electron chi connectivity index (χ3n) is 3.89. The Hall–Kier alpha value is -2.51. The minimum absolute atomic E-state index is 0.0465. The third-order valence-corrected chi connectivity index (χ3v) is 3.89.